The van der Waals surface area contributed by atoms with Gasteiger partial charge in [-0.3, -0.25) is 4.79 Å². The summed E-state index contributed by atoms with van der Waals surface area (Å²) in [5.74, 6) is 0.0653. The van der Waals surface area contributed by atoms with Crippen LogP contribution in [0.1, 0.15) is 41.6 Å². The van der Waals surface area contributed by atoms with Crippen LogP contribution in [0.3, 0.4) is 0 Å². The Bertz CT molecular complexity index is 1150. The predicted molar refractivity (Wildman–Crippen MR) is 114 cm³/mol. The molecule has 3 aliphatic rings. The van der Waals surface area contributed by atoms with Crippen LogP contribution >= 0.6 is 0 Å². The van der Waals surface area contributed by atoms with Crippen molar-refractivity contribution in [1.29, 1.82) is 5.26 Å². The molecule has 1 saturated heterocycles. The van der Waals surface area contributed by atoms with E-state index in [9.17, 15) is 4.79 Å². The van der Waals surface area contributed by atoms with Gasteiger partial charge in [0, 0.05) is 60.5 Å². The number of nitriles is 1. The van der Waals surface area contributed by atoms with Crippen LogP contribution in [0.4, 0.5) is 0 Å². The number of nitrogens with zero attached hydrogens (tertiary/aromatic N) is 4. The lowest BCUT2D eigenvalue weighted by molar-refractivity contribution is 0.0740. The monoisotopic (exact) mass is 399 g/mol. The van der Waals surface area contributed by atoms with Gasteiger partial charge in [0.05, 0.1) is 11.6 Å². The Morgan fingerprint density at radius 1 is 1.13 bits per heavy atom. The average Bonchev–Trinajstić information content (AvgIpc) is 3.43. The lowest BCUT2D eigenvalue weighted by Crippen LogP contribution is -2.37. The Morgan fingerprint density at radius 3 is 2.73 bits per heavy atom. The highest BCUT2D eigenvalue weighted by atomic mass is 16.2. The number of amides is 1. The number of H-pyrrole nitrogens is 1. The third-order valence-corrected chi connectivity index (χ3v) is 6.47. The molecule has 2 aromatic rings. The summed E-state index contributed by atoms with van der Waals surface area (Å²) in [7, 11) is 0. The van der Waals surface area contributed by atoms with E-state index in [-0.39, 0.29) is 11.3 Å². The molecule has 0 unspecified atom stereocenters. The minimum atomic E-state index is 0.0653. The average molecular weight is 399 g/mol. The van der Waals surface area contributed by atoms with Gasteiger partial charge in [-0.1, -0.05) is 6.08 Å². The van der Waals surface area contributed by atoms with E-state index in [2.05, 4.69) is 33.1 Å². The number of carbonyl (C=O) groups excluding carboxylic acids is 1. The van der Waals surface area contributed by atoms with E-state index in [1.165, 1.54) is 10.9 Å². The van der Waals surface area contributed by atoms with Gasteiger partial charge in [0.15, 0.2) is 0 Å². The fourth-order valence-electron chi connectivity index (χ4n) is 4.61. The smallest absolute Gasteiger partial charge is 0.253 e. The molecule has 0 atom stereocenters. The fourth-order valence-corrected chi connectivity index (χ4v) is 4.61. The molecule has 2 aliphatic heterocycles. The van der Waals surface area contributed by atoms with Crippen LogP contribution in [0.25, 0.3) is 5.70 Å². The summed E-state index contributed by atoms with van der Waals surface area (Å²) in [4.78, 5) is 25.5. The SMILES string of the molecule is N#Cc1ccc(C(=O)N2CCN(C3=c4cc[nH]c4=NC=CCC3)CC3(CC3)C2)cc1. The number of carbonyl (C=O) groups is 1. The van der Waals surface area contributed by atoms with E-state index < -0.39 is 0 Å². The van der Waals surface area contributed by atoms with Crippen LogP contribution in [-0.2, 0) is 0 Å². The highest BCUT2D eigenvalue weighted by Gasteiger charge is 2.47. The van der Waals surface area contributed by atoms with E-state index in [0.717, 1.165) is 50.8 Å². The molecule has 0 bridgehead atoms. The van der Waals surface area contributed by atoms with Crippen LogP contribution < -0.4 is 10.7 Å². The van der Waals surface area contributed by atoms with Crippen LogP contribution in [0.15, 0.2) is 53.8 Å². The molecule has 1 aliphatic carbocycles. The number of aromatic nitrogens is 1. The number of fused-ring (bicyclic) bond motifs is 1. The fraction of sp³-hybridized carbons (Fsp3) is 0.375. The highest BCUT2D eigenvalue weighted by molar-refractivity contribution is 5.94. The topological polar surface area (TPSA) is 75.5 Å². The molecule has 5 rings (SSSR count). The predicted octanol–water partition coefficient (Wildman–Crippen LogP) is 2.16. The summed E-state index contributed by atoms with van der Waals surface area (Å²) in [6.07, 6.45) is 10.2. The van der Waals surface area contributed by atoms with Crippen molar-refractivity contribution in [3.8, 4) is 6.07 Å². The second-order valence-electron chi connectivity index (χ2n) is 8.58. The molecule has 3 heterocycles. The zero-order valence-corrected chi connectivity index (χ0v) is 17.0. The van der Waals surface area contributed by atoms with Crippen molar-refractivity contribution in [2.45, 2.75) is 25.7 Å². The van der Waals surface area contributed by atoms with Crippen molar-refractivity contribution in [2.75, 3.05) is 26.2 Å². The third kappa shape index (κ3) is 3.52. The maximum atomic E-state index is 13.2. The Labute approximate surface area is 175 Å². The van der Waals surface area contributed by atoms with Gasteiger partial charge >= 0.3 is 0 Å². The summed E-state index contributed by atoms with van der Waals surface area (Å²) in [5.41, 5.74) is 3.68. The van der Waals surface area contributed by atoms with E-state index >= 15 is 0 Å². The Kier molecular flexibility index (Phi) is 4.66. The lowest BCUT2D eigenvalue weighted by Gasteiger charge is -2.28. The first kappa shape index (κ1) is 18.7. The number of hydrogen-bond acceptors (Lipinski definition) is 4. The van der Waals surface area contributed by atoms with Crippen LogP contribution in [0.2, 0.25) is 0 Å². The zero-order valence-electron chi connectivity index (χ0n) is 17.0. The van der Waals surface area contributed by atoms with Gasteiger partial charge in [0.2, 0.25) is 0 Å². The Hall–Kier alpha value is -3.33. The van der Waals surface area contributed by atoms with Crippen LogP contribution in [0.5, 0.6) is 0 Å². The second kappa shape index (κ2) is 7.49. The molecule has 30 heavy (non-hydrogen) atoms. The molecule has 1 amide bonds. The van der Waals surface area contributed by atoms with E-state index in [1.807, 2.05) is 17.3 Å². The van der Waals surface area contributed by atoms with Crippen molar-refractivity contribution in [1.82, 2.24) is 14.8 Å². The minimum absolute atomic E-state index is 0.0653. The van der Waals surface area contributed by atoms with E-state index in [1.54, 1.807) is 24.3 Å². The van der Waals surface area contributed by atoms with Crippen molar-refractivity contribution < 1.29 is 4.79 Å². The third-order valence-electron chi connectivity index (χ3n) is 6.47. The van der Waals surface area contributed by atoms with Gasteiger partial charge in [-0.25, -0.2) is 4.99 Å². The first-order chi connectivity index (χ1) is 14.7. The van der Waals surface area contributed by atoms with E-state index in [0.29, 0.717) is 17.7 Å². The summed E-state index contributed by atoms with van der Waals surface area (Å²) in [5, 5.41) is 10.2. The molecule has 2 fully saturated rings. The zero-order chi connectivity index (χ0) is 20.6. The maximum absolute atomic E-state index is 13.2. The molecule has 0 radical (unpaired) electrons. The number of aromatic amines is 1. The van der Waals surface area contributed by atoms with E-state index in [4.69, 9.17) is 5.26 Å². The highest BCUT2D eigenvalue weighted by Crippen LogP contribution is 2.48. The van der Waals surface area contributed by atoms with Crippen molar-refractivity contribution >= 4 is 11.6 Å². The van der Waals surface area contributed by atoms with Gasteiger partial charge in [0.25, 0.3) is 5.91 Å². The Balaban J connectivity index is 1.43. The first-order valence-electron chi connectivity index (χ1n) is 10.6. The largest absolute Gasteiger partial charge is 0.372 e. The first-order valence-corrected chi connectivity index (χ1v) is 10.6. The molecule has 6 nitrogen and oxygen atoms in total. The van der Waals surface area contributed by atoms with Gasteiger partial charge in [-0.2, -0.15) is 5.26 Å². The summed E-state index contributed by atoms with van der Waals surface area (Å²) in [6.45, 7) is 3.33. The van der Waals surface area contributed by atoms with Gasteiger partial charge < -0.3 is 14.8 Å². The molecular formula is C24H25N5O. The molecular weight excluding hydrogens is 374 g/mol. The Morgan fingerprint density at radius 2 is 1.97 bits per heavy atom. The van der Waals surface area contributed by atoms with Gasteiger partial charge in [0.1, 0.15) is 5.49 Å². The molecule has 1 N–H and O–H groups in total. The number of rotatable bonds is 2. The van der Waals surface area contributed by atoms with Gasteiger partial charge in [-0.05, 0) is 56.0 Å². The quantitative estimate of drug-likeness (QED) is 0.841. The normalized spacial score (nSPS) is 19.9. The molecule has 1 saturated carbocycles. The molecule has 6 heteroatoms. The lowest BCUT2D eigenvalue weighted by atomic mass is 10.0. The minimum Gasteiger partial charge on any atom is -0.372 e. The van der Waals surface area contributed by atoms with Crippen molar-refractivity contribution in [2.24, 2.45) is 10.4 Å². The standard InChI is InChI=1S/C24H25N5O/c25-15-18-4-6-19(7-5-18)23(30)29-14-13-28(16-24(17-29)9-10-24)21-3-1-2-11-26-22-20(21)8-12-27-22/h2,4-8,11-12H,1,3,9-10,13-14,16-17H2,(H,26,27). The number of benzene rings is 1. The molecule has 1 aromatic carbocycles. The number of allylic oxidation sites excluding steroid dienone is 1. The van der Waals surface area contributed by atoms with Crippen molar-refractivity contribution in [3.05, 3.63) is 70.6 Å². The second-order valence-corrected chi connectivity index (χ2v) is 8.58. The molecule has 152 valence electrons. The molecule has 1 aromatic heterocycles. The number of nitrogens with one attached hydrogen (secondary N) is 1. The summed E-state index contributed by atoms with van der Waals surface area (Å²) >= 11 is 0. The summed E-state index contributed by atoms with van der Waals surface area (Å²) < 4.78 is 0. The molecule has 1 spiro atoms. The van der Waals surface area contributed by atoms with Crippen LogP contribution in [0, 0.1) is 16.7 Å². The summed E-state index contributed by atoms with van der Waals surface area (Å²) in [6, 6.07) is 11.2. The van der Waals surface area contributed by atoms with Gasteiger partial charge in [-0.15, -0.1) is 0 Å². The maximum Gasteiger partial charge on any atom is 0.253 e. The van der Waals surface area contributed by atoms with Crippen LogP contribution in [-0.4, -0.2) is 46.9 Å². The number of hydrogen-bond donors (Lipinski definition) is 1. The van der Waals surface area contributed by atoms with Crippen molar-refractivity contribution in [3.63, 3.8) is 0 Å².